The molecule has 0 amide bonds. The Bertz CT molecular complexity index is 876. The van der Waals surface area contributed by atoms with Crippen molar-refractivity contribution in [2.75, 3.05) is 20.3 Å². The van der Waals surface area contributed by atoms with Gasteiger partial charge in [-0.25, -0.2) is 0 Å². The Morgan fingerprint density at radius 2 is 1.92 bits per heavy atom. The first-order valence-corrected chi connectivity index (χ1v) is 9.04. The van der Waals surface area contributed by atoms with E-state index in [1.165, 1.54) is 5.56 Å². The maximum atomic E-state index is 6.32. The lowest BCUT2D eigenvalue weighted by molar-refractivity contribution is 0.0288. The molecule has 1 aliphatic rings. The normalized spacial score (nSPS) is 17.5. The van der Waals surface area contributed by atoms with Crippen LogP contribution in [0.25, 0.3) is 5.69 Å². The maximum Gasteiger partial charge on any atom is 0.138 e. The molecular weight excluding hydrogens is 348 g/mol. The minimum Gasteiger partial charge on any atom is -0.497 e. The zero-order valence-corrected chi connectivity index (χ0v) is 15.4. The van der Waals surface area contributed by atoms with Gasteiger partial charge in [0.05, 0.1) is 24.4 Å². The van der Waals surface area contributed by atoms with Gasteiger partial charge in [0.25, 0.3) is 0 Å². The summed E-state index contributed by atoms with van der Waals surface area (Å²) in [5.74, 6) is 0.875. The van der Waals surface area contributed by atoms with Crippen LogP contribution in [0.2, 0.25) is 5.02 Å². The highest BCUT2D eigenvalue weighted by molar-refractivity contribution is 6.32. The van der Waals surface area contributed by atoms with Crippen LogP contribution in [0, 0.1) is 0 Å². The van der Waals surface area contributed by atoms with Crippen molar-refractivity contribution in [3.63, 3.8) is 0 Å². The second kappa shape index (κ2) is 7.54. The lowest BCUT2D eigenvalue weighted by atomic mass is 10.2. The van der Waals surface area contributed by atoms with E-state index in [-0.39, 0.29) is 6.23 Å². The summed E-state index contributed by atoms with van der Waals surface area (Å²) in [6, 6.07) is 18.1. The van der Waals surface area contributed by atoms with Crippen LogP contribution in [0.5, 0.6) is 5.75 Å². The third-order valence-electron chi connectivity index (χ3n) is 4.66. The lowest BCUT2D eigenvalue weighted by Crippen LogP contribution is -2.23. The van der Waals surface area contributed by atoms with Crippen LogP contribution in [-0.2, 0) is 11.3 Å². The van der Waals surface area contributed by atoms with Gasteiger partial charge in [-0.1, -0.05) is 35.9 Å². The molecule has 26 heavy (non-hydrogen) atoms. The van der Waals surface area contributed by atoms with Crippen molar-refractivity contribution in [3.8, 4) is 11.4 Å². The summed E-state index contributed by atoms with van der Waals surface area (Å²) in [7, 11) is 1.68. The molecule has 0 unspecified atom stereocenters. The smallest absolute Gasteiger partial charge is 0.138 e. The predicted molar refractivity (Wildman–Crippen MR) is 103 cm³/mol. The molecule has 0 N–H and O–H groups in total. The van der Waals surface area contributed by atoms with Crippen LogP contribution in [0.3, 0.4) is 0 Å². The molecule has 4 nitrogen and oxygen atoms in total. The fourth-order valence-electron chi connectivity index (χ4n) is 3.31. The number of methoxy groups -OCH3 is 1. The van der Waals surface area contributed by atoms with Gasteiger partial charge in [-0.3, -0.25) is 4.90 Å². The SMILES string of the molecule is COc1ccc(CN2CCO[C@H]2c2ccn(-c3ccccc3Cl)c2)cc1. The van der Waals surface area contributed by atoms with Gasteiger partial charge in [0.15, 0.2) is 0 Å². The van der Waals surface area contributed by atoms with E-state index in [9.17, 15) is 0 Å². The number of rotatable bonds is 5. The van der Waals surface area contributed by atoms with Crippen molar-refractivity contribution in [2.45, 2.75) is 12.8 Å². The lowest BCUT2D eigenvalue weighted by Gasteiger charge is -2.22. The van der Waals surface area contributed by atoms with E-state index >= 15 is 0 Å². The first kappa shape index (κ1) is 17.2. The average Bonchev–Trinajstić information content (AvgIpc) is 3.32. The molecule has 0 spiro atoms. The van der Waals surface area contributed by atoms with Gasteiger partial charge in [0, 0.05) is 31.0 Å². The number of hydrogen-bond acceptors (Lipinski definition) is 3. The second-order valence-corrected chi connectivity index (χ2v) is 6.75. The van der Waals surface area contributed by atoms with Crippen LogP contribution in [-0.4, -0.2) is 29.7 Å². The van der Waals surface area contributed by atoms with E-state index < -0.39 is 0 Å². The first-order chi connectivity index (χ1) is 12.7. The fourth-order valence-corrected chi connectivity index (χ4v) is 3.54. The van der Waals surface area contributed by atoms with Gasteiger partial charge in [0.1, 0.15) is 12.0 Å². The molecule has 2 aromatic carbocycles. The summed E-state index contributed by atoms with van der Waals surface area (Å²) in [5.41, 5.74) is 3.35. The van der Waals surface area contributed by atoms with E-state index in [0.717, 1.165) is 41.7 Å². The molecule has 5 heteroatoms. The Morgan fingerprint density at radius 3 is 2.69 bits per heavy atom. The van der Waals surface area contributed by atoms with Crippen LogP contribution in [0.15, 0.2) is 67.0 Å². The van der Waals surface area contributed by atoms with Crippen molar-refractivity contribution in [3.05, 3.63) is 83.1 Å². The number of hydrogen-bond donors (Lipinski definition) is 0. The zero-order valence-electron chi connectivity index (χ0n) is 14.6. The summed E-state index contributed by atoms with van der Waals surface area (Å²) < 4.78 is 13.3. The fraction of sp³-hybridized carbons (Fsp3) is 0.238. The third-order valence-corrected chi connectivity index (χ3v) is 4.98. The van der Waals surface area contributed by atoms with Crippen LogP contribution >= 0.6 is 11.6 Å². The first-order valence-electron chi connectivity index (χ1n) is 8.66. The molecule has 4 rings (SSSR count). The van der Waals surface area contributed by atoms with Gasteiger partial charge < -0.3 is 14.0 Å². The summed E-state index contributed by atoms with van der Waals surface area (Å²) in [6.07, 6.45) is 4.09. The Kier molecular flexibility index (Phi) is 4.98. The van der Waals surface area contributed by atoms with E-state index in [1.807, 2.05) is 47.2 Å². The number of ether oxygens (including phenoxy) is 2. The summed E-state index contributed by atoms with van der Waals surface area (Å²) in [4.78, 5) is 2.34. The molecular formula is C21H21ClN2O2. The second-order valence-electron chi connectivity index (χ2n) is 6.35. The molecule has 1 saturated heterocycles. The third kappa shape index (κ3) is 3.49. The van der Waals surface area contributed by atoms with E-state index in [0.29, 0.717) is 0 Å². The summed E-state index contributed by atoms with van der Waals surface area (Å²) in [5, 5.41) is 0.733. The van der Waals surface area contributed by atoms with Gasteiger partial charge in [-0.15, -0.1) is 0 Å². The molecule has 0 bridgehead atoms. The molecule has 0 radical (unpaired) electrons. The molecule has 0 saturated carbocycles. The number of aromatic nitrogens is 1. The monoisotopic (exact) mass is 368 g/mol. The van der Waals surface area contributed by atoms with Gasteiger partial charge in [-0.05, 0) is 35.9 Å². The highest BCUT2D eigenvalue weighted by atomic mass is 35.5. The van der Waals surface area contributed by atoms with Crippen molar-refractivity contribution >= 4 is 11.6 Å². The largest absolute Gasteiger partial charge is 0.497 e. The topological polar surface area (TPSA) is 26.6 Å². The number of para-hydroxylation sites is 1. The summed E-state index contributed by atoms with van der Waals surface area (Å²) in [6.45, 7) is 2.48. The van der Waals surface area contributed by atoms with Crippen LogP contribution in [0.1, 0.15) is 17.4 Å². The zero-order chi connectivity index (χ0) is 17.9. The van der Waals surface area contributed by atoms with E-state index in [1.54, 1.807) is 7.11 Å². The molecule has 2 heterocycles. The Hall–Kier alpha value is -2.27. The summed E-state index contributed by atoms with van der Waals surface area (Å²) >= 11 is 6.32. The van der Waals surface area contributed by atoms with Crippen molar-refractivity contribution in [1.82, 2.24) is 9.47 Å². The quantitative estimate of drug-likeness (QED) is 0.654. The molecule has 1 atom stereocenters. The minimum atomic E-state index is -0.0409. The predicted octanol–water partition coefficient (Wildman–Crippen LogP) is 4.67. The van der Waals surface area contributed by atoms with E-state index in [4.69, 9.17) is 21.1 Å². The molecule has 3 aromatic rings. The number of benzene rings is 2. The van der Waals surface area contributed by atoms with Crippen molar-refractivity contribution in [1.29, 1.82) is 0 Å². The standard InChI is InChI=1S/C21H21ClN2O2/c1-25-18-8-6-16(7-9-18)14-24-12-13-26-21(24)17-10-11-23(15-17)20-5-3-2-4-19(20)22/h2-11,15,21H,12-14H2,1H3/t21-/m0/s1. The molecule has 1 fully saturated rings. The molecule has 1 aliphatic heterocycles. The molecule has 1 aromatic heterocycles. The van der Waals surface area contributed by atoms with Crippen molar-refractivity contribution < 1.29 is 9.47 Å². The average molecular weight is 369 g/mol. The highest BCUT2D eigenvalue weighted by Gasteiger charge is 2.27. The van der Waals surface area contributed by atoms with Gasteiger partial charge in [-0.2, -0.15) is 0 Å². The van der Waals surface area contributed by atoms with Gasteiger partial charge in [0.2, 0.25) is 0 Å². The Labute approximate surface area is 158 Å². The van der Waals surface area contributed by atoms with Crippen LogP contribution < -0.4 is 4.74 Å². The Balaban J connectivity index is 1.52. The molecule has 0 aliphatic carbocycles. The molecule has 134 valence electrons. The minimum absolute atomic E-state index is 0.0409. The van der Waals surface area contributed by atoms with Crippen LogP contribution in [0.4, 0.5) is 0 Å². The van der Waals surface area contributed by atoms with Gasteiger partial charge >= 0.3 is 0 Å². The maximum absolute atomic E-state index is 6.32. The Morgan fingerprint density at radius 1 is 1.12 bits per heavy atom. The highest BCUT2D eigenvalue weighted by Crippen LogP contribution is 2.30. The number of halogens is 1. The van der Waals surface area contributed by atoms with Crippen molar-refractivity contribution in [2.24, 2.45) is 0 Å². The van der Waals surface area contributed by atoms with E-state index in [2.05, 4.69) is 29.3 Å². The number of nitrogens with zero attached hydrogens (tertiary/aromatic N) is 2.